The van der Waals surface area contributed by atoms with Crippen LogP contribution in [0.25, 0.3) is 5.13 Å². The molecule has 0 radical (unpaired) electrons. The lowest BCUT2D eigenvalue weighted by molar-refractivity contribution is 0.0956. The van der Waals surface area contributed by atoms with Gasteiger partial charge in [-0.15, -0.1) is 11.3 Å². The first-order valence-electron chi connectivity index (χ1n) is 5.63. The zero-order chi connectivity index (χ0) is 13.0. The van der Waals surface area contributed by atoms with Gasteiger partial charge in [0.25, 0.3) is 5.91 Å². The highest BCUT2D eigenvalue weighted by Crippen LogP contribution is 2.15. The van der Waals surface area contributed by atoms with Crippen LogP contribution in [0, 0.1) is 0 Å². The van der Waals surface area contributed by atoms with Gasteiger partial charge in [0.15, 0.2) is 0 Å². The third-order valence-electron chi connectivity index (χ3n) is 2.34. The number of nitrogens with one attached hydrogen (secondary N) is 1. The Bertz CT molecular complexity index is 535. The van der Waals surface area contributed by atoms with Crippen LogP contribution in [0.3, 0.4) is 0 Å². The minimum Gasteiger partial charge on any atom is -0.351 e. The molecule has 2 aromatic rings. The Balaban J connectivity index is 2.12. The van der Waals surface area contributed by atoms with Gasteiger partial charge in [-0.3, -0.25) is 4.79 Å². The topological polar surface area (TPSA) is 59.8 Å². The highest BCUT2D eigenvalue weighted by molar-refractivity contribution is 7.80. The molecule has 1 amide bonds. The Labute approximate surface area is 115 Å². The number of thiazole rings is 1. The minimum atomic E-state index is -0.137. The lowest BCUT2D eigenvalue weighted by Crippen LogP contribution is -2.24. The monoisotopic (exact) mass is 282 g/mol. The first-order valence-corrected chi connectivity index (χ1v) is 7.14. The largest absolute Gasteiger partial charge is 0.351 e. The van der Waals surface area contributed by atoms with Crippen LogP contribution >= 0.6 is 24.0 Å². The summed E-state index contributed by atoms with van der Waals surface area (Å²) in [7, 11) is 0. The number of carbonyl (C=O) groups is 1. The van der Waals surface area contributed by atoms with Crippen LogP contribution in [-0.2, 0) is 6.42 Å². The lowest BCUT2D eigenvalue weighted by atomic mass is 10.3. The Kier molecular flexibility index (Phi) is 4.38. The molecule has 0 fully saturated rings. The fourth-order valence-corrected chi connectivity index (χ4v) is 2.33. The summed E-state index contributed by atoms with van der Waals surface area (Å²) in [5.74, 6) is 0.481. The van der Waals surface area contributed by atoms with E-state index in [-0.39, 0.29) is 5.91 Å². The first-order chi connectivity index (χ1) is 8.74. The first kappa shape index (κ1) is 13.1. The van der Waals surface area contributed by atoms with Crippen LogP contribution < -0.4 is 5.32 Å². The van der Waals surface area contributed by atoms with Gasteiger partial charge < -0.3 is 5.32 Å². The number of carbonyl (C=O) groups excluding carboxylic acids is 1. The number of aryl methyl sites for hydroxylation is 1. The zero-order valence-corrected chi connectivity index (χ0v) is 11.7. The number of rotatable bonds is 5. The maximum atomic E-state index is 11.7. The van der Waals surface area contributed by atoms with E-state index >= 15 is 0 Å². The molecule has 18 heavy (non-hydrogen) atoms. The summed E-state index contributed by atoms with van der Waals surface area (Å²) in [5, 5.41) is 9.67. The average molecular weight is 282 g/mol. The number of amides is 1. The quantitative estimate of drug-likeness (QED) is 0.818. The number of hydrogen-bond donors (Lipinski definition) is 2. The summed E-state index contributed by atoms with van der Waals surface area (Å²) >= 11 is 5.56. The van der Waals surface area contributed by atoms with Crippen molar-refractivity contribution in [1.82, 2.24) is 20.1 Å². The van der Waals surface area contributed by atoms with Crippen LogP contribution in [0.2, 0.25) is 0 Å². The van der Waals surface area contributed by atoms with E-state index in [0.29, 0.717) is 17.9 Å². The second-order valence-corrected chi connectivity index (χ2v) is 4.91. The SMILES string of the molecule is CCc1csc(-n2cc(C(=O)NCCS)cn2)n1. The van der Waals surface area contributed by atoms with Crippen LogP contribution in [0.5, 0.6) is 0 Å². The maximum Gasteiger partial charge on any atom is 0.254 e. The summed E-state index contributed by atoms with van der Waals surface area (Å²) in [6, 6.07) is 0. The normalized spacial score (nSPS) is 10.6. The molecule has 0 aliphatic rings. The van der Waals surface area contributed by atoms with E-state index in [1.807, 2.05) is 5.38 Å². The van der Waals surface area contributed by atoms with Crippen molar-refractivity contribution in [1.29, 1.82) is 0 Å². The average Bonchev–Trinajstić information content (AvgIpc) is 3.03. The fraction of sp³-hybridized carbons (Fsp3) is 0.364. The fourth-order valence-electron chi connectivity index (χ4n) is 1.38. The van der Waals surface area contributed by atoms with E-state index in [9.17, 15) is 4.79 Å². The molecule has 2 rings (SSSR count). The molecule has 0 aromatic carbocycles. The van der Waals surface area contributed by atoms with Crippen LogP contribution in [-0.4, -0.2) is 33.0 Å². The smallest absolute Gasteiger partial charge is 0.254 e. The van der Waals surface area contributed by atoms with Crippen LogP contribution in [0.1, 0.15) is 23.0 Å². The molecule has 2 aromatic heterocycles. The molecule has 0 saturated carbocycles. The molecule has 0 aliphatic carbocycles. The van der Waals surface area contributed by atoms with Gasteiger partial charge in [-0.05, 0) is 6.42 Å². The zero-order valence-electron chi connectivity index (χ0n) is 9.96. The summed E-state index contributed by atoms with van der Waals surface area (Å²) < 4.78 is 1.62. The molecule has 0 saturated heterocycles. The van der Waals surface area contributed by atoms with Crippen molar-refractivity contribution < 1.29 is 4.79 Å². The Morgan fingerprint density at radius 1 is 1.61 bits per heavy atom. The van der Waals surface area contributed by atoms with Crippen molar-refractivity contribution in [2.24, 2.45) is 0 Å². The van der Waals surface area contributed by atoms with Crippen molar-refractivity contribution >= 4 is 29.9 Å². The summed E-state index contributed by atoms with van der Waals surface area (Å²) in [4.78, 5) is 16.1. The number of thiol groups is 1. The molecule has 0 bridgehead atoms. The molecule has 96 valence electrons. The van der Waals surface area contributed by atoms with Crippen LogP contribution in [0.4, 0.5) is 0 Å². The van der Waals surface area contributed by atoms with Gasteiger partial charge in [0.1, 0.15) is 0 Å². The minimum absolute atomic E-state index is 0.137. The van der Waals surface area contributed by atoms with Gasteiger partial charge in [-0.25, -0.2) is 9.67 Å². The number of aromatic nitrogens is 3. The highest BCUT2D eigenvalue weighted by Gasteiger charge is 2.10. The highest BCUT2D eigenvalue weighted by atomic mass is 32.1. The van der Waals surface area contributed by atoms with E-state index in [2.05, 4.69) is 35.0 Å². The summed E-state index contributed by atoms with van der Waals surface area (Å²) in [6.45, 7) is 2.60. The Morgan fingerprint density at radius 2 is 2.44 bits per heavy atom. The predicted molar refractivity (Wildman–Crippen MR) is 74.8 cm³/mol. The van der Waals surface area contributed by atoms with Crippen molar-refractivity contribution in [3.05, 3.63) is 29.0 Å². The molecule has 7 heteroatoms. The third-order valence-corrected chi connectivity index (χ3v) is 3.44. The molecule has 0 aliphatic heterocycles. The molecular formula is C11H14N4OS2. The van der Waals surface area contributed by atoms with Crippen molar-refractivity contribution in [2.75, 3.05) is 12.3 Å². The second kappa shape index (κ2) is 6.01. The van der Waals surface area contributed by atoms with Crippen LogP contribution in [0.15, 0.2) is 17.8 Å². The van der Waals surface area contributed by atoms with E-state index in [4.69, 9.17) is 0 Å². The van der Waals surface area contributed by atoms with Gasteiger partial charge in [-0.2, -0.15) is 17.7 Å². The predicted octanol–water partition coefficient (Wildman–Crippen LogP) is 1.55. The van der Waals surface area contributed by atoms with Crippen molar-refractivity contribution in [3.63, 3.8) is 0 Å². The molecule has 0 atom stereocenters. The maximum absolute atomic E-state index is 11.7. The van der Waals surface area contributed by atoms with Gasteiger partial charge in [0.2, 0.25) is 5.13 Å². The number of nitrogens with zero attached hydrogens (tertiary/aromatic N) is 3. The Hall–Kier alpha value is -1.34. The van der Waals surface area contributed by atoms with Gasteiger partial charge in [-0.1, -0.05) is 6.92 Å². The summed E-state index contributed by atoms with van der Waals surface area (Å²) in [6.07, 6.45) is 4.13. The van der Waals surface area contributed by atoms with E-state index in [0.717, 1.165) is 17.2 Å². The molecule has 1 N–H and O–H groups in total. The Morgan fingerprint density at radius 3 is 3.11 bits per heavy atom. The lowest BCUT2D eigenvalue weighted by Gasteiger charge is -1.98. The molecule has 2 heterocycles. The number of hydrogen-bond acceptors (Lipinski definition) is 5. The van der Waals surface area contributed by atoms with E-state index in [1.165, 1.54) is 11.3 Å². The van der Waals surface area contributed by atoms with Gasteiger partial charge in [0.05, 0.1) is 17.5 Å². The standard InChI is InChI=1S/C11H14N4OS2/c1-2-9-7-18-11(14-9)15-6-8(5-13-15)10(16)12-3-4-17/h5-7,17H,2-4H2,1H3,(H,12,16). The van der Waals surface area contributed by atoms with E-state index in [1.54, 1.807) is 17.1 Å². The van der Waals surface area contributed by atoms with Gasteiger partial charge >= 0.3 is 0 Å². The third kappa shape index (κ3) is 2.91. The van der Waals surface area contributed by atoms with E-state index < -0.39 is 0 Å². The molecule has 0 unspecified atom stereocenters. The summed E-state index contributed by atoms with van der Waals surface area (Å²) in [5.41, 5.74) is 1.57. The van der Waals surface area contributed by atoms with Crippen molar-refractivity contribution in [3.8, 4) is 5.13 Å². The molecule has 0 spiro atoms. The van der Waals surface area contributed by atoms with Crippen molar-refractivity contribution in [2.45, 2.75) is 13.3 Å². The van der Waals surface area contributed by atoms with Gasteiger partial charge in [0, 0.05) is 23.9 Å². The second-order valence-electron chi connectivity index (χ2n) is 3.63. The molecular weight excluding hydrogens is 268 g/mol. The molecule has 5 nitrogen and oxygen atoms in total.